The van der Waals surface area contributed by atoms with Gasteiger partial charge in [-0.25, -0.2) is 9.97 Å². The van der Waals surface area contributed by atoms with Crippen molar-refractivity contribution in [2.24, 2.45) is 5.92 Å². The largest absolute Gasteiger partial charge is 0.383 e. The van der Waals surface area contributed by atoms with Crippen molar-refractivity contribution in [1.82, 2.24) is 20.2 Å². The lowest BCUT2D eigenvalue weighted by Crippen LogP contribution is -2.49. The zero-order valence-electron chi connectivity index (χ0n) is 16.4. The van der Waals surface area contributed by atoms with Gasteiger partial charge in [-0.05, 0) is 51.9 Å². The maximum atomic E-state index is 12.5. The Bertz CT molecular complexity index is 651. The van der Waals surface area contributed by atoms with E-state index in [4.69, 9.17) is 17.3 Å². The highest BCUT2D eigenvalue weighted by Gasteiger charge is 2.27. The smallest absolute Gasteiger partial charge is 0.244 e. The summed E-state index contributed by atoms with van der Waals surface area (Å²) < 4.78 is 0. The number of likely N-dealkylation sites (tertiary alicyclic amines) is 1. The number of anilines is 1. The van der Waals surface area contributed by atoms with Gasteiger partial charge < -0.3 is 16.0 Å². The van der Waals surface area contributed by atoms with Gasteiger partial charge in [0.15, 0.2) is 0 Å². The lowest BCUT2D eigenvalue weighted by Gasteiger charge is -2.33. The van der Waals surface area contributed by atoms with E-state index in [1.807, 2.05) is 11.8 Å². The molecular formula is C19H30ClN5O2. The third kappa shape index (κ3) is 6.06. The highest BCUT2D eigenvalue weighted by molar-refractivity contribution is 6.30. The molecule has 1 aromatic rings. The van der Waals surface area contributed by atoms with E-state index in [2.05, 4.69) is 15.3 Å². The second-order valence-electron chi connectivity index (χ2n) is 7.27. The fraction of sp³-hybridized carbons (Fsp3) is 0.684. The van der Waals surface area contributed by atoms with Crippen LogP contribution in [0.4, 0.5) is 5.82 Å². The van der Waals surface area contributed by atoms with Crippen LogP contribution in [0, 0.1) is 12.8 Å². The summed E-state index contributed by atoms with van der Waals surface area (Å²) in [6, 6.07) is -0.469. The number of carbonyl (C=O) groups excluding carboxylic acids is 2. The zero-order valence-corrected chi connectivity index (χ0v) is 17.2. The monoisotopic (exact) mass is 395 g/mol. The molecule has 1 aromatic heterocycles. The number of nitrogens with one attached hydrogen (secondary N) is 1. The molecule has 0 aliphatic carbocycles. The normalized spacial score (nSPS) is 16.2. The Morgan fingerprint density at radius 3 is 2.59 bits per heavy atom. The molecule has 0 spiro atoms. The molecule has 1 fully saturated rings. The van der Waals surface area contributed by atoms with Crippen molar-refractivity contribution in [3.8, 4) is 0 Å². The second kappa shape index (κ2) is 9.88. The van der Waals surface area contributed by atoms with Crippen LogP contribution in [0.25, 0.3) is 0 Å². The Balaban J connectivity index is 1.80. The van der Waals surface area contributed by atoms with E-state index in [1.54, 1.807) is 13.8 Å². The fourth-order valence-corrected chi connectivity index (χ4v) is 3.79. The van der Waals surface area contributed by atoms with Crippen molar-refractivity contribution in [3.05, 3.63) is 16.5 Å². The maximum absolute atomic E-state index is 12.5. The molecule has 0 radical (unpaired) electrons. The summed E-state index contributed by atoms with van der Waals surface area (Å²) in [6.45, 7) is 6.89. The van der Waals surface area contributed by atoms with E-state index < -0.39 is 6.04 Å². The summed E-state index contributed by atoms with van der Waals surface area (Å²) in [5, 5.41) is 3.21. The summed E-state index contributed by atoms with van der Waals surface area (Å²) in [4.78, 5) is 34.4. The van der Waals surface area contributed by atoms with Crippen molar-refractivity contribution in [3.63, 3.8) is 0 Å². The predicted molar refractivity (Wildman–Crippen MR) is 106 cm³/mol. The van der Waals surface area contributed by atoms with E-state index in [0.29, 0.717) is 42.2 Å². The number of amides is 2. The minimum absolute atomic E-state index is 0.00266. The molecule has 2 heterocycles. The second-order valence-corrected chi connectivity index (χ2v) is 7.63. The summed E-state index contributed by atoms with van der Waals surface area (Å²) in [5.41, 5.74) is 6.78. The van der Waals surface area contributed by atoms with Crippen LogP contribution >= 0.6 is 11.6 Å². The number of rotatable bonds is 7. The molecule has 1 saturated heterocycles. The average molecular weight is 396 g/mol. The standard InChI is InChI=1S/C19H30ClN5O2/c1-4-5-16(26)22-12(2)19(27)25-10-8-14(9-11-25)6-7-15-17(20)23-13(3)24-18(15)21/h12,14H,4-11H2,1-3H3,(H,22,26)(H2,21,23,24)/t12-/m0/s1. The van der Waals surface area contributed by atoms with Gasteiger partial charge in [0.05, 0.1) is 0 Å². The van der Waals surface area contributed by atoms with Crippen molar-refractivity contribution in [2.75, 3.05) is 18.8 Å². The number of carbonyl (C=O) groups is 2. The first-order chi connectivity index (χ1) is 12.8. The number of nitrogens with two attached hydrogens (primary N) is 1. The molecule has 27 heavy (non-hydrogen) atoms. The number of nitrogen functional groups attached to an aromatic ring is 1. The van der Waals surface area contributed by atoms with Crippen molar-refractivity contribution in [1.29, 1.82) is 0 Å². The van der Waals surface area contributed by atoms with Gasteiger partial charge in [-0.3, -0.25) is 9.59 Å². The molecule has 0 saturated carbocycles. The van der Waals surface area contributed by atoms with E-state index >= 15 is 0 Å². The first-order valence-corrected chi connectivity index (χ1v) is 10.1. The highest BCUT2D eigenvalue weighted by Crippen LogP contribution is 2.26. The number of nitrogens with zero attached hydrogens (tertiary/aromatic N) is 3. The molecule has 0 bridgehead atoms. The molecule has 2 amide bonds. The SMILES string of the molecule is CCCC(=O)N[C@@H](C)C(=O)N1CCC(CCc2c(N)nc(C)nc2Cl)CC1. The van der Waals surface area contributed by atoms with Crippen molar-refractivity contribution < 1.29 is 9.59 Å². The number of aryl methyl sites for hydroxylation is 1. The number of halogens is 1. The number of hydrogen-bond acceptors (Lipinski definition) is 5. The minimum atomic E-state index is -0.469. The van der Waals surface area contributed by atoms with Gasteiger partial charge >= 0.3 is 0 Å². The van der Waals surface area contributed by atoms with Crippen LogP contribution < -0.4 is 11.1 Å². The van der Waals surface area contributed by atoms with Gasteiger partial charge in [-0.1, -0.05) is 18.5 Å². The molecule has 2 rings (SSSR count). The first-order valence-electron chi connectivity index (χ1n) is 9.68. The Kier molecular flexibility index (Phi) is 7.83. The van der Waals surface area contributed by atoms with E-state index in [9.17, 15) is 9.59 Å². The molecule has 1 aliphatic heterocycles. The van der Waals surface area contributed by atoms with Crippen LogP contribution in [0.5, 0.6) is 0 Å². The minimum Gasteiger partial charge on any atom is -0.383 e. The van der Waals surface area contributed by atoms with Crippen molar-refractivity contribution in [2.45, 2.75) is 65.3 Å². The highest BCUT2D eigenvalue weighted by atomic mass is 35.5. The first kappa shape index (κ1) is 21.4. The molecule has 1 atom stereocenters. The van der Waals surface area contributed by atoms with Crippen LogP contribution in [0.2, 0.25) is 5.15 Å². The van der Waals surface area contributed by atoms with Gasteiger partial charge in [-0.2, -0.15) is 0 Å². The average Bonchev–Trinajstić information content (AvgIpc) is 2.60. The van der Waals surface area contributed by atoms with Gasteiger partial charge in [0, 0.05) is 25.1 Å². The number of piperidine rings is 1. The number of hydrogen-bond donors (Lipinski definition) is 2. The Hall–Kier alpha value is -1.89. The third-order valence-electron chi connectivity index (χ3n) is 5.05. The van der Waals surface area contributed by atoms with E-state index in [-0.39, 0.29) is 11.8 Å². The molecule has 8 heteroatoms. The quantitative estimate of drug-likeness (QED) is 0.690. The summed E-state index contributed by atoms with van der Waals surface area (Å²) in [7, 11) is 0. The van der Waals surface area contributed by atoms with Crippen LogP contribution in [0.15, 0.2) is 0 Å². The molecule has 1 aliphatic rings. The molecule has 3 N–H and O–H groups in total. The van der Waals surface area contributed by atoms with Gasteiger partial charge in [0.25, 0.3) is 0 Å². The van der Waals surface area contributed by atoms with Crippen molar-refractivity contribution >= 4 is 29.2 Å². The zero-order chi connectivity index (χ0) is 20.0. The van der Waals surface area contributed by atoms with Gasteiger partial charge in [0.1, 0.15) is 22.8 Å². The molecule has 150 valence electrons. The van der Waals surface area contributed by atoms with Crippen LogP contribution in [-0.4, -0.2) is 45.8 Å². The summed E-state index contributed by atoms with van der Waals surface area (Å²) in [5.74, 6) is 1.47. The molecule has 7 nitrogen and oxygen atoms in total. The molecule has 0 aromatic carbocycles. The van der Waals surface area contributed by atoms with Crippen LogP contribution in [0.1, 0.15) is 57.3 Å². The lowest BCUT2D eigenvalue weighted by molar-refractivity contribution is -0.137. The summed E-state index contributed by atoms with van der Waals surface area (Å²) in [6.07, 6.45) is 4.79. The fourth-order valence-electron chi connectivity index (χ4n) is 3.48. The summed E-state index contributed by atoms with van der Waals surface area (Å²) >= 11 is 6.20. The Morgan fingerprint density at radius 2 is 2.00 bits per heavy atom. The Morgan fingerprint density at radius 1 is 1.33 bits per heavy atom. The molecule has 0 unspecified atom stereocenters. The topological polar surface area (TPSA) is 101 Å². The third-order valence-corrected chi connectivity index (χ3v) is 5.37. The Labute approximate surface area is 166 Å². The maximum Gasteiger partial charge on any atom is 0.244 e. The van der Waals surface area contributed by atoms with E-state index in [0.717, 1.165) is 37.7 Å². The predicted octanol–water partition coefficient (Wildman–Crippen LogP) is 2.50. The van der Waals surface area contributed by atoms with Gasteiger partial charge in [-0.15, -0.1) is 0 Å². The van der Waals surface area contributed by atoms with Crippen LogP contribution in [0.3, 0.4) is 0 Å². The number of aromatic nitrogens is 2. The lowest BCUT2D eigenvalue weighted by atomic mass is 9.90. The van der Waals surface area contributed by atoms with Gasteiger partial charge in [0.2, 0.25) is 11.8 Å². The van der Waals surface area contributed by atoms with E-state index in [1.165, 1.54) is 0 Å². The van der Waals surface area contributed by atoms with Crippen LogP contribution in [-0.2, 0) is 16.0 Å². The molecular weight excluding hydrogens is 366 g/mol.